The van der Waals surface area contributed by atoms with E-state index in [0.29, 0.717) is 0 Å². The summed E-state index contributed by atoms with van der Waals surface area (Å²) in [6, 6.07) is 0. The Bertz CT molecular complexity index is 124. The van der Waals surface area contributed by atoms with Gasteiger partial charge in [-0.15, -0.1) is 0 Å². The van der Waals surface area contributed by atoms with Gasteiger partial charge < -0.3 is 16.0 Å². The van der Waals surface area contributed by atoms with E-state index in [2.05, 4.69) is 34.8 Å². The van der Waals surface area contributed by atoms with E-state index in [1.54, 1.807) is 0 Å². The summed E-state index contributed by atoms with van der Waals surface area (Å²) in [7, 11) is 2.15. The quantitative estimate of drug-likeness (QED) is 0.483. The van der Waals surface area contributed by atoms with Gasteiger partial charge in [-0.2, -0.15) is 0 Å². The Morgan fingerprint density at radius 1 is 1.00 bits per heavy atom. The molecule has 4 nitrogen and oxygen atoms in total. The molecule has 0 bridgehead atoms. The van der Waals surface area contributed by atoms with Gasteiger partial charge in [0.25, 0.3) is 0 Å². The van der Waals surface area contributed by atoms with E-state index >= 15 is 0 Å². The van der Waals surface area contributed by atoms with Gasteiger partial charge in [-0.25, -0.2) is 0 Å². The third kappa shape index (κ3) is 5.54. The normalized spacial score (nSPS) is 29.1. The minimum atomic E-state index is 0.722. The summed E-state index contributed by atoms with van der Waals surface area (Å²) in [5, 5.41) is 10.3. The molecule has 0 aliphatic carbocycles. The van der Waals surface area contributed by atoms with Crippen LogP contribution in [0.5, 0.6) is 0 Å². The molecule has 0 amide bonds. The summed E-state index contributed by atoms with van der Waals surface area (Å²) in [6.07, 6.45) is 0. The number of nitrogens with zero attached hydrogens (tertiary/aromatic N) is 1. The maximum absolute atomic E-state index is 3.47. The van der Waals surface area contributed by atoms with Gasteiger partial charge in [0.05, 0.1) is 0 Å². The summed E-state index contributed by atoms with van der Waals surface area (Å²) < 4.78 is 0. The van der Waals surface area contributed by atoms with Crippen molar-refractivity contribution in [1.82, 2.24) is 20.9 Å². The lowest BCUT2D eigenvalue weighted by molar-refractivity contribution is 0.297. The molecule has 1 unspecified atom stereocenters. The van der Waals surface area contributed by atoms with E-state index < -0.39 is 0 Å². The molecule has 1 saturated heterocycles. The Labute approximate surface area is 87.4 Å². The second-order valence-electron chi connectivity index (χ2n) is 4.25. The van der Waals surface area contributed by atoms with Crippen molar-refractivity contribution in [3.63, 3.8) is 0 Å². The molecular weight excluding hydrogens is 176 g/mol. The zero-order chi connectivity index (χ0) is 10.2. The van der Waals surface area contributed by atoms with Crippen molar-refractivity contribution in [2.24, 2.45) is 5.92 Å². The fourth-order valence-electron chi connectivity index (χ4n) is 1.56. The van der Waals surface area contributed by atoms with Crippen molar-refractivity contribution in [1.29, 1.82) is 0 Å². The molecule has 1 aliphatic rings. The van der Waals surface area contributed by atoms with Crippen LogP contribution in [0.25, 0.3) is 0 Å². The van der Waals surface area contributed by atoms with Gasteiger partial charge in [-0.3, -0.25) is 4.90 Å². The van der Waals surface area contributed by atoms with E-state index in [4.69, 9.17) is 0 Å². The Morgan fingerprint density at radius 3 is 2.43 bits per heavy atom. The SMILES string of the molecule is CC1CNCCNCN(C)CCNC1. The average Bonchev–Trinajstić information content (AvgIpc) is 2.16. The predicted molar refractivity (Wildman–Crippen MR) is 60.4 cm³/mol. The summed E-state index contributed by atoms with van der Waals surface area (Å²) in [5.74, 6) is 0.722. The molecule has 3 N–H and O–H groups in total. The lowest BCUT2D eigenvalue weighted by atomic mass is 10.2. The first kappa shape index (κ1) is 11.9. The highest BCUT2D eigenvalue weighted by molar-refractivity contribution is 4.64. The van der Waals surface area contributed by atoms with E-state index in [9.17, 15) is 0 Å². The Kier molecular flexibility index (Phi) is 6.10. The molecule has 0 aromatic heterocycles. The zero-order valence-corrected chi connectivity index (χ0v) is 9.47. The topological polar surface area (TPSA) is 39.3 Å². The van der Waals surface area contributed by atoms with Gasteiger partial charge in [0.2, 0.25) is 0 Å². The molecular formula is C10H24N4. The molecule has 1 aliphatic heterocycles. The third-order valence-electron chi connectivity index (χ3n) is 2.52. The summed E-state index contributed by atoms with van der Waals surface area (Å²) in [5.41, 5.74) is 0. The van der Waals surface area contributed by atoms with Crippen molar-refractivity contribution in [3.05, 3.63) is 0 Å². The number of hydrogen-bond donors (Lipinski definition) is 3. The molecule has 1 rings (SSSR count). The summed E-state index contributed by atoms with van der Waals surface area (Å²) in [4.78, 5) is 2.30. The second-order valence-corrected chi connectivity index (χ2v) is 4.25. The van der Waals surface area contributed by atoms with Crippen LogP contribution in [0.4, 0.5) is 0 Å². The van der Waals surface area contributed by atoms with E-state index in [-0.39, 0.29) is 0 Å². The molecule has 1 fully saturated rings. The minimum absolute atomic E-state index is 0.722. The van der Waals surface area contributed by atoms with Crippen LogP contribution in [0.3, 0.4) is 0 Å². The highest BCUT2D eigenvalue weighted by Gasteiger charge is 2.03. The van der Waals surface area contributed by atoms with Crippen LogP contribution in [0.15, 0.2) is 0 Å². The van der Waals surface area contributed by atoms with Gasteiger partial charge in [-0.1, -0.05) is 6.92 Å². The van der Waals surface area contributed by atoms with Gasteiger partial charge in [0.1, 0.15) is 0 Å². The Morgan fingerprint density at radius 2 is 1.64 bits per heavy atom. The lowest BCUT2D eigenvalue weighted by Crippen LogP contribution is -2.42. The van der Waals surface area contributed by atoms with E-state index in [0.717, 1.165) is 51.9 Å². The second kappa shape index (κ2) is 7.17. The maximum atomic E-state index is 3.47. The van der Waals surface area contributed by atoms with Crippen LogP contribution < -0.4 is 16.0 Å². The van der Waals surface area contributed by atoms with Crippen LogP contribution in [-0.4, -0.2) is 57.9 Å². The molecule has 1 atom stereocenters. The van der Waals surface area contributed by atoms with Gasteiger partial charge in [0.15, 0.2) is 0 Å². The highest BCUT2D eigenvalue weighted by Crippen LogP contribution is 1.89. The highest BCUT2D eigenvalue weighted by atomic mass is 15.2. The van der Waals surface area contributed by atoms with Crippen LogP contribution in [0.1, 0.15) is 6.92 Å². The molecule has 1 heterocycles. The summed E-state index contributed by atoms with van der Waals surface area (Å²) >= 11 is 0. The molecule has 4 heteroatoms. The Balaban J connectivity index is 2.20. The summed E-state index contributed by atoms with van der Waals surface area (Å²) in [6.45, 7) is 9.83. The van der Waals surface area contributed by atoms with Crippen LogP contribution in [0.2, 0.25) is 0 Å². The number of likely N-dealkylation sites (N-methyl/N-ethyl adjacent to an activating group) is 1. The molecule has 0 aromatic rings. The first-order chi connectivity index (χ1) is 6.79. The zero-order valence-electron chi connectivity index (χ0n) is 9.47. The van der Waals surface area contributed by atoms with Crippen LogP contribution in [0, 0.1) is 5.92 Å². The number of nitrogens with one attached hydrogen (secondary N) is 3. The van der Waals surface area contributed by atoms with Crippen molar-refractivity contribution < 1.29 is 0 Å². The van der Waals surface area contributed by atoms with Crippen LogP contribution in [-0.2, 0) is 0 Å². The van der Waals surface area contributed by atoms with Gasteiger partial charge in [0, 0.05) is 32.8 Å². The molecule has 84 valence electrons. The standard InChI is InChI=1S/C10H24N4/c1-10-7-11-3-4-13-9-14(2)6-5-12-8-10/h10-13H,3-9H2,1-2H3. The maximum Gasteiger partial charge on any atom is 0.0478 e. The third-order valence-corrected chi connectivity index (χ3v) is 2.52. The molecule has 0 saturated carbocycles. The number of rotatable bonds is 0. The molecule has 0 spiro atoms. The molecule has 0 radical (unpaired) electrons. The predicted octanol–water partition coefficient (Wildman–Crippen LogP) is -0.706. The monoisotopic (exact) mass is 200 g/mol. The van der Waals surface area contributed by atoms with Crippen molar-refractivity contribution in [3.8, 4) is 0 Å². The average molecular weight is 200 g/mol. The van der Waals surface area contributed by atoms with Crippen molar-refractivity contribution >= 4 is 0 Å². The Hall–Kier alpha value is -0.160. The van der Waals surface area contributed by atoms with Crippen LogP contribution >= 0.6 is 0 Å². The fraction of sp³-hybridized carbons (Fsp3) is 1.00. The number of hydrogen-bond acceptors (Lipinski definition) is 4. The molecule has 14 heavy (non-hydrogen) atoms. The first-order valence-corrected chi connectivity index (χ1v) is 5.59. The van der Waals surface area contributed by atoms with E-state index in [1.165, 1.54) is 0 Å². The minimum Gasteiger partial charge on any atom is -0.315 e. The lowest BCUT2D eigenvalue weighted by Gasteiger charge is -2.21. The molecule has 0 aromatic carbocycles. The largest absolute Gasteiger partial charge is 0.315 e. The van der Waals surface area contributed by atoms with Crippen molar-refractivity contribution in [2.75, 3.05) is 53.0 Å². The van der Waals surface area contributed by atoms with Crippen molar-refractivity contribution in [2.45, 2.75) is 6.92 Å². The smallest absolute Gasteiger partial charge is 0.0478 e. The first-order valence-electron chi connectivity index (χ1n) is 5.59. The van der Waals surface area contributed by atoms with E-state index in [1.807, 2.05) is 0 Å². The van der Waals surface area contributed by atoms with Gasteiger partial charge in [-0.05, 0) is 26.1 Å². The van der Waals surface area contributed by atoms with Gasteiger partial charge >= 0.3 is 0 Å². The fourth-order valence-corrected chi connectivity index (χ4v) is 1.56.